The molecule has 0 atom stereocenters. The molecule has 0 aliphatic carbocycles. The number of nitrogens with zero attached hydrogens (tertiary/aromatic N) is 2. The molecule has 3 aromatic rings. The van der Waals surface area contributed by atoms with E-state index in [-0.39, 0.29) is 11.4 Å². The Balaban J connectivity index is 2.17. The van der Waals surface area contributed by atoms with Crippen molar-refractivity contribution in [3.05, 3.63) is 82.3 Å². The lowest BCUT2D eigenvalue weighted by atomic mass is 10.1. The second kappa shape index (κ2) is 6.48. The number of methoxy groups -OCH3 is 1. The van der Waals surface area contributed by atoms with Gasteiger partial charge in [0.15, 0.2) is 0 Å². The molecule has 0 amide bonds. The number of rotatable bonds is 4. The fourth-order valence-corrected chi connectivity index (χ4v) is 2.58. The van der Waals surface area contributed by atoms with Crippen molar-refractivity contribution in [2.24, 2.45) is 0 Å². The molecule has 0 bridgehead atoms. The summed E-state index contributed by atoms with van der Waals surface area (Å²) < 4.78 is 6.91. The van der Waals surface area contributed by atoms with E-state index in [2.05, 4.69) is 4.98 Å². The highest BCUT2D eigenvalue weighted by Gasteiger charge is 2.15. The third-order valence-electron chi connectivity index (χ3n) is 3.81. The van der Waals surface area contributed by atoms with Crippen molar-refractivity contribution < 1.29 is 4.74 Å². The van der Waals surface area contributed by atoms with E-state index >= 15 is 0 Å². The minimum absolute atomic E-state index is 0.116. The fraction of sp³-hybridized carbons (Fsp3) is 0.158. The highest BCUT2D eigenvalue weighted by Crippen LogP contribution is 2.22. The molecule has 4 nitrogen and oxygen atoms in total. The minimum atomic E-state index is -0.214. The van der Waals surface area contributed by atoms with Crippen molar-refractivity contribution in [1.29, 1.82) is 0 Å². The first-order valence-electron chi connectivity index (χ1n) is 7.45. The summed E-state index contributed by atoms with van der Waals surface area (Å²) in [5, 5.41) is 0. The van der Waals surface area contributed by atoms with E-state index in [4.69, 9.17) is 4.74 Å². The molecule has 0 N–H and O–H groups in total. The van der Waals surface area contributed by atoms with Crippen LogP contribution in [0.15, 0.2) is 65.5 Å². The molecular formula is C19H18N2O2. The van der Waals surface area contributed by atoms with Crippen LogP contribution in [0.25, 0.3) is 11.3 Å². The molecule has 4 heteroatoms. The lowest BCUT2D eigenvalue weighted by Gasteiger charge is -2.15. The van der Waals surface area contributed by atoms with Crippen LogP contribution in [-0.4, -0.2) is 16.7 Å². The Kier molecular flexibility index (Phi) is 4.24. The molecule has 0 radical (unpaired) electrons. The smallest absolute Gasteiger partial charge is 0.313 e. The van der Waals surface area contributed by atoms with E-state index in [1.54, 1.807) is 4.57 Å². The average Bonchev–Trinajstić information content (AvgIpc) is 2.60. The molecule has 23 heavy (non-hydrogen) atoms. The molecule has 116 valence electrons. The molecule has 0 aliphatic rings. The summed E-state index contributed by atoms with van der Waals surface area (Å²) in [6, 6.07) is 19.7. The van der Waals surface area contributed by atoms with Crippen LogP contribution < -0.4 is 10.3 Å². The van der Waals surface area contributed by atoms with Gasteiger partial charge < -0.3 is 9.30 Å². The van der Waals surface area contributed by atoms with Crippen LogP contribution in [0.1, 0.15) is 11.3 Å². The third kappa shape index (κ3) is 3.01. The van der Waals surface area contributed by atoms with Gasteiger partial charge in [-0.3, -0.25) is 4.79 Å². The van der Waals surface area contributed by atoms with Crippen molar-refractivity contribution in [3.63, 3.8) is 0 Å². The van der Waals surface area contributed by atoms with Crippen molar-refractivity contribution in [2.45, 2.75) is 13.5 Å². The highest BCUT2D eigenvalue weighted by molar-refractivity contribution is 5.61. The fourth-order valence-electron chi connectivity index (χ4n) is 2.58. The number of ether oxygens (including phenoxy) is 1. The number of aromatic nitrogens is 2. The van der Waals surface area contributed by atoms with Crippen LogP contribution in [0.3, 0.4) is 0 Å². The van der Waals surface area contributed by atoms with E-state index in [1.165, 1.54) is 7.11 Å². The van der Waals surface area contributed by atoms with Gasteiger partial charge in [0.1, 0.15) is 0 Å². The van der Waals surface area contributed by atoms with Crippen molar-refractivity contribution in [3.8, 4) is 17.1 Å². The maximum Gasteiger partial charge on any atom is 0.313 e. The molecule has 0 aliphatic heterocycles. The number of benzene rings is 2. The quantitative estimate of drug-likeness (QED) is 0.743. The van der Waals surface area contributed by atoms with E-state index < -0.39 is 0 Å². The van der Waals surface area contributed by atoms with Gasteiger partial charge in [0, 0.05) is 11.3 Å². The summed E-state index contributed by atoms with van der Waals surface area (Å²) in [5.41, 5.74) is 3.40. The number of hydrogen-bond acceptors (Lipinski definition) is 3. The van der Waals surface area contributed by atoms with Gasteiger partial charge in [-0.15, -0.1) is 0 Å². The summed E-state index contributed by atoms with van der Waals surface area (Å²) >= 11 is 0. The predicted molar refractivity (Wildman–Crippen MR) is 90.8 cm³/mol. The standard InChI is InChI=1S/C19H18N2O2/c1-14-17(16-11-7-4-8-12-16)20-18(23-2)19(22)21(14)13-15-9-5-3-6-10-15/h3-12H,13H2,1-2H3. The zero-order chi connectivity index (χ0) is 16.2. The van der Waals surface area contributed by atoms with Gasteiger partial charge in [-0.1, -0.05) is 60.7 Å². The van der Waals surface area contributed by atoms with Gasteiger partial charge in [0.2, 0.25) is 0 Å². The van der Waals surface area contributed by atoms with Crippen molar-refractivity contribution >= 4 is 0 Å². The second-order valence-electron chi connectivity index (χ2n) is 5.30. The maximum absolute atomic E-state index is 12.6. The van der Waals surface area contributed by atoms with E-state index in [9.17, 15) is 4.79 Å². The zero-order valence-corrected chi connectivity index (χ0v) is 13.2. The summed E-state index contributed by atoms with van der Waals surface area (Å²) in [4.78, 5) is 17.0. The lowest BCUT2D eigenvalue weighted by molar-refractivity contribution is 0.385. The second-order valence-corrected chi connectivity index (χ2v) is 5.30. The molecule has 2 aromatic carbocycles. The first-order chi connectivity index (χ1) is 11.2. The number of hydrogen-bond donors (Lipinski definition) is 0. The molecule has 0 saturated carbocycles. The first-order valence-corrected chi connectivity index (χ1v) is 7.45. The normalized spacial score (nSPS) is 10.5. The summed E-state index contributed by atoms with van der Waals surface area (Å²) in [5.74, 6) is 0.116. The Morgan fingerprint density at radius 2 is 1.61 bits per heavy atom. The Morgan fingerprint density at radius 1 is 1.00 bits per heavy atom. The average molecular weight is 306 g/mol. The van der Waals surface area contributed by atoms with Gasteiger partial charge in [-0.25, -0.2) is 4.98 Å². The van der Waals surface area contributed by atoms with Gasteiger partial charge in [0.25, 0.3) is 5.88 Å². The van der Waals surface area contributed by atoms with Crippen LogP contribution in [0, 0.1) is 6.92 Å². The Labute approximate surface area is 135 Å². The Bertz CT molecular complexity index is 856. The molecule has 3 rings (SSSR count). The van der Waals surface area contributed by atoms with Crippen molar-refractivity contribution in [1.82, 2.24) is 9.55 Å². The molecule has 0 spiro atoms. The third-order valence-corrected chi connectivity index (χ3v) is 3.81. The van der Waals surface area contributed by atoms with Crippen molar-refractivity contribution in [2.75, 3.05) is 7.11 Å². The Morgan fingerprint density at radius 3 is 2.22 bits per heavy atom. The Hall–Kier alpha value is -2.88. The molecule has 1 heterocycles. The lowest BCUT2D eigenvalue weighted by Crippen LogP contribution is -2.26. The van der Waals surface area contributed by atoms with E-state index in [0.717, 1.165) is 22.5 Å². The summed E-state index contributed by atoms with van der Waals surface area (Å²) in [7, 11) is 1.47. The summed E-state index contributed by atoms with van der Waals surface area (Å²) in [6.45, 7) is 2.41. The van der Waals surface area contributed by atoms with Gasteiger partial charge >= 0.3 is 5.56 Å². The van der Waals surface area contributed by atoms with Gasteiger partial charge in [-0.05, 0) is 12.5 Å². The van der Waals surface area contributed by atoms with E-state index in [1.807, 2.05) is 67.6 Å². The van der Waals surface area contributed by atoms with Crippen LogP contribution in [0.5, 0.6) is 5.88 Å². The largest absolute Gasteiger partial charge is 0.477 e. The minimum Gasteiger partial charge on any atom is -0.477 e. The van der Waals surface area contributed by atoms with Crippen LogP contribution >= 0.6 is 0 Å². The molecular weight excluding hydrogens is 288 g/mol. The van der Waals surface area contributed by atoms with E-state index in [0.29, 0.717) is 6.54 Å². The topological polar surface area (TPSA) is 44.1 Å². The molecule has 0 unspecified atom stereocenters. The van der Waals surface area contributed by atoms with Gasteiger partial charge in [0.05, 0.1) is 19.3 Å². The maximum atomic E-state index is 12.6. The highest BCUT2D eigenvalue weighted by atomic mass is 16.5. The molecule has 0 fully saturated rings. The SMILES string of the molecule is COc1nc(-c2ccccc2)c(C)n(Cc2ccccc2)c1=O. The van der Waals surface area contributed by atoms with Crippen LogP contribution in [0.4, 0.5) is 0 Å². The summed E-state index contributed by atoms with van der Waals surface area (Å²) in [6.07, 6.45) is 0. The van der Waals surface area contributed by atoms with Gasteiger partial charge in [-0.2, -0.15) is 0 Å². The molecule has 1 aromatic heterocycles. The van der Waals surface area contributed by atoms with Crippen LogP contribution in [0.2, 0.25) is 0 Å². The van der Waals surface area contributed by atoms with Crippen LogP contribution in [-0.2, 0) is 6.54 Å². The molecule has 0 saturated heterocycles. The monoisotopic (exact) mass is 306 g/mol. The zero-order valence-electron chi connectivity index (χ0n) is 13.2. The predicted octanol–water partition coefficient (Wildman–Crippen LogP) is 3.28. The first kappa shape index (κ1) is 15.0.